The smallest absolute Gasteiger partial charge is 0.242 e. The number of thiophene rings is 1. The van der Waals surface area contributed by atoms with Gasteiger partial charge in [-0.25, -0.2) is 0 Å². The van der Waals surface area contributed by atoms with E-state index in [0.29, 0.717) is 19.7 Å². The molecule has 2 atom stereocenters. The van der Waals surface area contributed by atoms with Crippen molar-refractivity contribution in [3.8, 4) is 5.75 Å². The lowest BCUT2D eigenvalue weighted by molar-refractivity contribution is -0.142. The van der Waals surface area contributed by atoms with Gasteiger partial charge in [0.25, 0.3) is 0 Å². The third kappa shape index (κ3) is 5.15. The first kappa shape index (κ1) is 22.8. The number of carbonyl (C=O) groups is 2. The number of benzene rings is 1. The summed E-state index contributed by atoms with van der Waals surface area (Å²) in [5.74, 6) is 0.712. The molecule has 6 nitrogen and oxygen atoms in total. The van der Waals surface area contributed by atoms with Crippen LogP contribution in [-0.4, -0.2) is 60.6 Å². The highest BCUT2D eigenvalue weighted by molar-refractivity contribution is 7.10. The van der Waals surface area contributed by atoms with E-state index in [-0.39, 0.29) is 30.5 Å². The summed E-state index contributed by atoms with van der Waals surface area (Å²) in [7, 11) is 0. The molecule has 7 heteroatoms. The summed E-state index contributed by atoms with van der Waals surface area (Å²) in [6, 6.07) is 8.08. The number of fused-ring (bicyclic) bond motifs is 1. The van der Waals surface area contributed by atoms with Gasteiger partial charge in [0.05, 0.1) is 18.7 Å². The average molecular weight is 457 g/mol. The molecule has 2 amide bonds. The van der Waals surface area contributed by atoms with Crippen molar-refractivity contribution in [3.63, 3.8) is 0 Å². The Hall–Kier alpha value is -2.38. The molecule has 0 spiro atoms. The number of aryl methyl sites for hydroxylation is 2. The van der Waals surface area contributed by atoms with Crippen molar-refractivity contribution in [1.82, 2.24) is 9.80 Å². The SMILES string of the molecule is CC(=O)N(CC(=O)N1CCc2sccc2[C@@H]1COc1ccc(C)cc1C)C[C@H]1CCCO1. The molecule has 3 heterocycles. The van der Waals surface area contributed by atoms with Crippen molar-refractivity contribution in [2.24, 2.45) is 0 Å². The van der Waals surface area contributed by atoms with Crippen molar-refractivity contribution in [1.29, 1.82) is 0 Å². The van der Waals surface area contributed by atoms with Gasteiger partial charge in [-0.2, -0.15) is 0 Å². The minimum atomic E-state index is -0.158. The van der Waals surface area contributed by atoms with Crippen molar-refractivity contribution in [2.45, 2.75) is 52.2 Å². The Labute approximate surface area is 194 Å². The summed E-state index contributed by atoms with van der Waals surface area (Å²) in [5, 5.41) is 2.09. The summed E-state index contributed by atoms with van der Waals surface area (Å²) < 4.78 is 11.9. The van der Waals surface area contributed by atoms with E-state index in [0.717, 1.165) is 42.7 Å². The van der Waals surface area contributed by atoms with Gasteiger partial charge in [-0.1, -0.05) is 17.7 Å². The lowest BCUT2D eigenvalue weighted by atomic mass is 10.00. The maximum Gasteiger partial charge on any atom is 0.242 e. The number of hydrogen-bond donors (Lipinski definition) is 0. The fourth-order valence-electron chi connectivity index (χ4n) is 4.60. The van der Waals surface area contributed by atoms with E-state index < -0.39 is 0 Å². The van der Waals surface area contributed by atoms with Crippen molar-refractivity contribution in [3.05, 3.63) is 51.2 Å². The Balaban J connectivity index is 1.48. The molecule has 0 radical (unpaired) electrons. The Kier molecular flexibility index (Phi) is 7.16. The van der Waals surface area contributed by atoms with E-state index in [2.05, 4.69) is 24.4 Å². The largest absolute Gasteiger partial charge is 0.491 e. The van der Waals surface area contributed by atoms with E-state index in [1.54, 1.807) is 16.2 Å². The van der Waals surface area contributed by atoms with Crippen LogP contribution in [0.2, 0.25) is 0 Å². The average Bonchev–Trinajstić information content (AvgIpc) is 3.44. The minimum Gasteiger partial charge on any atom is -0.491 e. The van der Waals surface area contributed by atoms with Gasteiger partial charge in [0, 0.05) is 31.5 Å². The first-order valence-electron chi connectivity index (χ1n) is 11.3. The molecule has 0 unspecified atom stereocenters. The maximum atomic E-state index is 13.4. The van der Waals surface area contributed by atoms with E-state index in [9.17, 15) is 9.59 Å². The maximum absolute atomic E-state index is 13.4. The van der Waals surface area contributed by atoms with Crippen molar-refractivity contribution in [2.75, 3.05) is 32.8 Å². The predicted octanol–water partition coefficient (Wildman–Crippen LogP) is 3.90. The molecule has 2 aromatic rings. The number of amides is 2. The van der Waals surface area contributed by atoms with Gasteiger partial charge in [-0.05, 0) is 61.7 Å². The van der Waals surface area contributed by atoms with Crippen LogP contribution in [0.15, 0.2) is 29.6 Å². The zero-order valence-corrected chi connectivity index (χ0v) is 20.0. The van der Waals surface area contributed by atoms with Gasteiger partial charge in [-0.15, -0.1) is 11.3 Å². The summed E-state index contributed by atoms with van der Waals surface area (Å²) in [6.07, 6.45) is 2.81. The van der Waals surface area contributed by atoms with Crippen LogP contribution in [0.3, 0.4) is 0 Å². The van der Waals surface area contributed by atoms with Gasteiger partial charge in [0.1, 0.15) is 12.4 Å². The van der Waals surface area contributed by atoms with Gasteiger partial charge in [0.15, 0.2) is 0 Å². The van der Waals surface area contributed by atoms with E-state index in [1.807, 2.05) is 24.0 Å². The number of ether oxygens (including phenoxy) is 2. The molecule has 172 valence electrons. The second-order valence-corrected chi connectivity index (χ2v) is 9.77. The summed E-state index contributed by atoms with van der Waals surface area (Å²) in [5.41, 5.74) is 3.44. The minimum absolute atomic E-state index is 0.0279. The van der Waals surface area contributed by atoms with Crippen LogP contribution in [-0.2, 0) is 20.7 Å². The lowest BCUT2D eigenvalue weighted by Crippen LogP contribution is -2.48. The van der Waals surface area contributed by atoms with E-state index >= 15 is 0 Å². The van der Waals surface area contributed by atoms with Crippen LogP contribution >= 0.6 is 11.3 Å². The zero-order valence-electron chi connectivity index (χ0n) is 19.1. The molecule has 2 aliphatic heterocycles. The Morgan fingerprint density at radius 1 is 1.28 bits per heavy atom. The quantitative estimate of drug-likeness (QED) is 0.634. The van der Waals surface area contributed by atoms with Crippen LogP contribution in [0.1, 0.15) is 47.4 Å². The molecule has 2 aliphatic rings. The zero-order chi connectivity index (χ0) is 22.7. The highest BCUT2D eigenvalue weighted by Crippen LogP contribution is 2.34. The molecular weight excluding hydrogens is 424 g/mol. The molecule has 0 saturated carbocycles. The summed E-state index contributed by atoms with van der Waals surface area (Å²) >= 11 is 1.74. The van der Waals surface area contributed by atoms with Crippen LogP contribution < -0.4 is 4.74 Å². The molecule has 0 N–H and O–H groups in total. The van der Waals surface area contributed by atoms with Gasteiger partial charge < -0.3 is 19.3 Å². The lowest BCUT2D eigenvalue weighted by Gasteiger charge is -2.37. The second kappa shape index (κ2) is 10.0. The van der Waals surface area contributed by atoms with Crippen LogP contribution in [0, 0.1) is 13.8 Å². The fourth-order valence-corrected chi connectivity index (χ4v) is 5.53. The molecule has 4 rings (SSSR count). The molecular formula is C25H32N2O4S. The standard InChI is InChI=1S/C25H32N2O4S/c1-17-6-7-23(18(2)13-17)31-16-22-21-9-12-32-24(21)8-10-27(22)25(29)15-26(19(3)28)14-20-5-4-11-30-20/h6-7,9,12-13,20,22H,4-5,8,10-11,14-16H2,1-3H3/t20-,22+/m1/s1. The monoisotopic (exact) mass is 456 g/mol. The highest BCUT2D eigenvalue weighted by atomic mass is 32.1. The van der Waals surface area contributed by atoms with Crippen molar-refractivity contribution < 1.29 is 19.1 Å². The van der Waals surface area contributed by atoms with E-state index in [4.69, 9.17) is 9.47 Å². The second-order valence-electron chi connectivity index (χ2n) is 8.77. The molecule has 1 aromatic carbocycles. The Morgan fingerprint density at radius 2 is 2.12 bits per heavy atom. The summed E-state index contributed by atoms with van der Waals surface area (Å²) in [6.45, 7) is 7.94. The number of carbonyl (C=O) groups excluding carboxylic acids is 2. The topological polar surface area (TPSA) is 59.1 Å². The molecule has 0 bridgehead atoms. The molecule has 32 heavy (non-hydrogen) atoms. The molecule has 0 aliphatic carbocycles. The van der Waals surface area contributed by atoms with Crippen LogP contribution in [0.25, 0.3) is 0 Å². The Bertz CT molecular complexity index is 967. The van der Waals surface area contributed by atoms with Crippen molar-refractivity contribution >= 4 is 23.2 Å². The number of rotatable bonds is 7. The van der Waals surface area contributed by atoms with E-state index in [1.165, 1.54) is 17.4 Å². The first-order valence-corrected chi connectivity index (χ1v) is 12.2. The fraction of sp³-hybridized carbons (Fsp3) is 0.520. The molecule has 1 saturated heterocycles. The van der Waals surface area contributed by atoms with Gasteiger partial charge in [-0.3, -0.25) is 9.59 Å². The number of hydrogen-bond acceptors (Lipinski definition) is 5. The Morgan fingerprint density at radius 3 is 2.84 bits per heavy atom. The first-order chi connectivity index (χ1) is 15.4. The van der Waals surface area contributed by atoms with Gasteiger partial charge in [0.2, 0.25) is 11.8 Å². The molecule has 1 aromatic heterocycles. The highest BCUT2D eigenvalue weighted by Gasteiger charge is 2.34. The van der Waals surface area contributed by atoms with Crippen LogP contribution in [0.4, 0.5) is 0 Å². The number of nitrogens with zero attached hydrogens (tertiary/aromatic N) is 2. The normalized spacial score (nSPS) is 20.2. The molecule has 1 fully saturated rings. The third-order valence-electron chi connectivity index (χ3n) is 6.36. The predicted molar refractivity (Wildman–Crippen MR) is 125 cm³/mol. The third-order valence-corrected chi connectivity index (χ3v) is 7.36. The van der Waals surface area contributed by atoms with Gasteiger partial charge >= 0.3 is 0 Å². The van der Waals surface area contributed by atoms with Crippen LogP contribution in [0.5, 0.6) is 5.75 Å². The summed E-state index contributed by atoms with van der Waals surface area (Å²) in [4.78, 5) is 30.5.